The molecule has 0 spiro atoms. The molecule has 0 saturated carbocycles. The number of fused-ring (bicyclic) bond motifs is 9. The van der Waals surface area contributed by atoms with Crippen LogP contribution >= 0.6 is 0 Å². The minimum absolute atomic E-state index is 1.15. The van der Waals surface area contributed by atoms with Crippen LogP contribution < -0.4 is 0 Å². The molecule has 0 aliphatic carbocycles. The molecule has 1 nitrogen and oxygen atoms in total. The predicted molar refractivity (Wildman–Crippen MR) is 185 cm³/mol. The molecule has 1 aromatic heterocycles. The zero-order chi connectivity index (χ0) is 28.3. The average Bonchev–Trinajstić information content (AvgIpc) is 3.46. The number of aromatic amines is 1. The van der Waals surface area contributed by atoms with Crippen LogP contribution in [0.25, 0.3) is 87.5 Å². The lowest BCUT2D eigenvalue weighted by Gasteiger charge is -2.13. The summed E-state index contributed by atoms with van der Waals surface area (Å²) in [5.74, 6) is 0. The molecular weight excluding hydrogens is 518 g/mol. The molecular formula is C42H27N. The quantitative estimate of drug-likeness (QED) is 0.213. The lowest BCUT2D eigenvalue weighted by Crippen LogP contribution is -1.87. The Morgan fingerprint density at radius 3 is 1.42 bits per heavy atom. The molecule has 1 heterocycles. The molecule has 0 unspecified atom stereocenters. The molecule has 0 aliphatic rings. The van der Waals surface area contributed by atoms with Gasteiger partial charge in [0.25, 0.3) is 0 Å². The van der Waals surface area contributed by atoms with Gasteiger partial charge in [-0.2, -0.15) is 0 Å². The average molecular weight is 546 g/mol. The second-order valence-corrected chi connectivity index (χ2v) is 11.4. The minimum atomic E-state index is 1.15. The van der Waals surface area contributed by atoms with Crippen LogP contribution in [0.1, 0.15) is 0 Å². The highest BCUT2D eigenvalue weighted by Gasteiger charge is 2.16. The van der Waals surface area contributed by atoms with Crippen molar-refractivity contribution in [3.8, 4) is 33.4 Å². The van der Waals surface area contributed by atoms with E-state index < -0.39 is 0 Å². The molecule has 0 fully saturated rings. The third kappa shape index (κ3) is 3.79. The van der Waals surface area contributed by atoms with Crippen LogP contribution in [0, 0.1) is 0 Å². The van der Waals surface area contributed by atoms with Gasteiger partial charge in [0.15, 0.2) is 0 Å². The fraction of sp³-hybridized carbons (Fsp3) is 0. The first-order valence-corrected chi connectivity index (χ1v) is 14.9. The Morgan fingerprint density at radius 1 is 0.279 bits per heavy atom. The summed E-state index contributed by atoms with van der Waals surface area (Å²) < 4.78 is 0. The zero-order valence-electron chi connectivity index (χ0n) is 23.5. The van der Waals surface area contributed by atoms with Gasteiger partial charge in [-0.1, -0.05) is 127 Å². The molecule has 0 aliphatic heterocycles. The summed E-state index contributed by atoms with van der Waals surface area (Å²) in [6.07, 6.45) is 0. The zero-order valence-corrected chi connectivity index (χ0v) is 23.5. The molecule has 9 rings (SSSR count). The fourth-order valence-corrected chi connectivity index (χ4v) is 6.91. The number of hydrogen-bond donors (Lipinski definition) is 1. The summed E-state index contributed by atoms with van der Waals surface area (Å²) in [6, 6.07) is 57.5. The summed E-state index contributed by atoms with van der Waals surface area (Å²) >= 11 is 0. The Labute approximate surface area is 249 Å². The van der Waals surface area contributed by atoms with Gasteiger partial charge < -0.3 is 4.98 Å². The number of aromatic nitrogens is 1. The van der Waals surface area contributed by atoms with Crippen molar-refractivity contribution in [3.05, 3.63) is 158 Å². The highest BCUT2D eigenvalue weighted by atomic mass is 14.7. The SMILES string of the molecule is c1ccc(-c2ccc3[nH]c4c(-c5ccc6c7ccccc7c7ccccc7c6c5)cc(-c5ccccc5)cc4c3c2)cc1. The Bertz CT molecular complexity index is 2450. The van der Waals surface area contributed by atoms with Gasteiger partial charge >= 0.3 is 0 Å². The second-order valence-electron chi connectivity index (χ2n) is 11.4. The van der Waals surface area contributed by atoms with E-state index >= 15 is 0 Å². The van der Waals surface area contributed by atoms with E-state index in [0.717, 1.165) is 5.52 Å². The van der Waals surface area contributed by atoms with Crippen molar-refractivity contribution in [3.63, 3.8) is 0 Å². The Hall–Kier alpha value is -5.66. The molecule has 0 atom stereocenters. The van der Waals surface area contributed by atoms with E-state index in [1.165, 1.54) is 82.0 Å². The molecule has 9 aromatic rings. The van der Waals surface area contributed by atoms with Crippen LogP contribution in [0.4, 0.5) is 0 Å². The van der Waals surface area contributed by atoms with Crippen molar-refractivity contribution < 1.29 is 0 Å². The van der Waals surface area contributed by atoms with Gasteiger partial charge in [0.2, 0.25) is 0 Å². The molecule has 0 amide bonds. The standard InChI is InChI=1S/C42H27N/c1-3-11-27(12-4-1)29-20-22-41-39(23-29)40-26-31(28-13-5-2-6-14-28)25-37(42(40)43-41)30-19-21-36-34-17-8-7-15-32(34)33-16-9-10-18-35(33)38(36)24-30/h1-26,43H. The van der Waals surface area contributed by atoms with Crippen LogP contribution in [-0.2, 0) is 0 Å². The Morgan fingerprint density at radius 2 is 0.767 bits per heavy atom. The first kappa shape index (κ1) is 24.0. The number of benzene rings is 8. The van der Waals surface area contributed by atoms with Gasteiger partial charge in [-0.3, -0.25) is 0 Å². The Balaban J connectivity index is 1.36. The monoisotopic (exact) mass is 545 g/mol. The van der Waals surface area contributed by atoms with Gasteiger partial charge in [-0.25, -0.2) is 0 Å². The molecule has 43 heavy (non-hydrogen) atoms. The van der Waals surface area contributed by atoms with Crippen LogP contribution in [0.3, 0.4) is 0 Å². The summed E-state index contributed by atoms with van der Waals surface area (Å²) in [7, 11) is 0. The Kier molecular flexibility index (Phi) is 5.27. The summed E-state index contributed by atoms with van der Waals surface area (Å²) in [6.45, 7) is 0. The lowest BCUT2D eigenvalue weighted by atomic mass is 9.90. The van der Waals surface area contributed by atoms with E-state index in [-0.39, 0.29) is 0 Å². The van der Waals surface area contributed by atoms with Gasteiger partial charge in [-0.05, 0) is 90.5 Å². The number of hydrogen-bond acceptors (Lipinski definition) is 0. The lowest BCUT2D eigenvalue weighted by molar-refractivity contribution is 1.53. The fourth-order valence-electron chi connectivity index (χ4n) is 6.91. The number of rotatable bonds is 3. The smallest absolute Gasteiger partial charge is 0.0544 e. The van der Waals surface area contributed by atoms with E-state index in [2.05, 4.69) is 163 Å². The molecule has 200 valence electrons. The summed E-state index contributed by atoms with van der Waals surface area (Å²) in [5, 5.41) is 10.2. The summed E-state index contributed by atoms with van der Waals surface area (Å²) in [4.78, 5) is 3.82. The van der Waals surface area contributed by atoms with E-state index in [0.29, 0.717) is 0 Å². The van der Waals surface area contributed by atoms with Crippen LogP contribution in [0.2, 0.25) is 0 Å². The van der Waals surface area contributed by atoms with Crippen molar-refractivity contribution in [1.29, 1.82) is 0 Å². The maximum atomic E-state index is 3.82. The van der Waals surface area contributed by atoms with Gasteiger partial charge in [-0.15, -0.1) is 0 Å². The topological polar surface area (TPSA) is 15.8 Å². The second kappa shape index (κ2) is 9.44. The molecule has 1 N–H and O–H groups in total. The third-order valence-corrected chi connectivity index (χ3v) is 8.98. The highest BCUT2D eigenvalue weighted by molar-refractivity contribution is 6.26. The first-order valence-electron chi connectivity index (χ1n) is 14.9. The predicted octanol–water partition coefficient (Wildman–Crippen LogP) is 11.8. The third-order valence-electron chi connectivity index (χ3n) is 8.98. The van der Waals surface area contributed by atoms with Crippen LogP contribution in [0.15, 0.2) is 158 Å². The molecule has 0 bridgehead atoms. The van der Waals surface area contributed by atoms with Crippen molar-refractivity contribution in [2.75, 3.05) is 0 Å². The van der Waals surface area contributed by atoms with E-state index in [4.69, 9.17) is 0 Å². The maximum absolute atomic E-state index is 3.82. The summed E-state index contributed by atoms with van der Waals surface area (Å²) in [5.41, 5.74) is 9.65. The largest absolute Gasteiger partial charge is 0.354 e. The van der Waals surface area contributed by atoms with E-state index in [1.807, 2.05) is 0 Å². The van der Waals surface area contributed by atoms with E-state index in [9.17, 15) is 0 Å². The normalized spacial score (nSPS) is 11.7. The number of H-pyrrole nitrogens is 1. The molecule has 8 aromatic carbocycles. The maximum Gasteiger partial charge on any atom is 0.0544 e. The van der Waals surface area contributed by atoms with Crippen molar-refractivity contribution in [2.45, 2.75) is 0 Å². The van der Waals surface area contributed by atoms with Crippen molar-refractivity contribution in [2.24, 2.45) is 0 Å². The van der Waals surface area contributed by atoms with E-state index in [1.54, 1.807) is 0 Å². The molecule has 1 heteroatoms. The first-order chi connectivity index (χ1) is 21.3. The van der Waals surface area contributed by atoms with Gasteiger partial charge in [0, 0.05) is 21.9 Å². The van der Waals surface area contributed by atoms with Crippen LogP contribution in [0.5, 0.6) is 0 Å². The van der Waals surface area contributed by atoms with Crippen molar-refractivity contribution >= 4 is 54.1 Å². The number of nitrogens with one attached hydrogen (secondary N) is 1. The minimum Gasteiger partial charge on any atom is -0.354 e. The highest BCUT2D eigenvalue weighted by Crippen LogP contribution is 2.42. The molecule has 0 radical (unpaired) electrons. The van der Waals surface area contributed by atoms with Gasteiger partial charge in [0.05, 0.1) is 5.52 Å². The van der Waals surface area contributed by atoms with Gasteiger partial charge in [0.1, 0.15) is 0 Å². The van der Waals surface area contributed by atoms with Crippen LogP contribution in [-0.4, -0.2) is 4.98 Å². The van der Waals surface area contributed by atoms with Crippen molar-refractivity contribution in [1.82, 2.24) is 4.98 Å². The molecule has 0 saturated heterocycles.